The molecular formula is C20H29FN2O3. The fourth-order valence-electron chi connectivity index (χ4n) is 4.03. The molecule has 1 saturated heterocycles. The summed E-state index contributed by atoms with van der Waals surface area (Å²) in [7, 11) is 0. The molecule has 0 saturated carbocycles. The van der Waals surface area contributed by atoms with Gasteiger partial charge in [0.25, 0.3) is 0 Å². The van der Waals surface area contributed by atoms with E-state index in [1.807, 2.05) is 0 Å². The summed E-state index contributed by atoms with van der Waals surface area (Å²) >= 11 is 0. The van der Waals surface area contributed by atoms with Crippen LogP contribution in [0.5, 0.6) is 5.75 Å². The molecule has 1 fully saturated rings. The van der Waals surface area contributed by atoms with Crippen LogP contribution in [-0.4, -0.2) is 47.3 Å². The number of halogens is 1. The van der Waals surface area contributed by atoms with Crippen LogP contribution < -0.4 is 10.1 Å². The van der Waals surface area contributed by atoms with Crippen LogP contribution in [0.4, 0.5) is 10.1 Å². The maximum absolute atomic E-state index is 14.0. The number of piperidine rings is 1. The minimum absolute atomic E-state index is 0.180. The highest BCUT2D eigenvalue weighted by atomic mass is 19.1. The molecule has 3 rings (SSSR count). The highest BCUT2D eigenvalue weighted by molar-refractivity contribution is 5.94. The van der Waals surface area contributed by atoms with E-state index in [1.165, 1.54) is 6.07 Å². The van der Waals surface area contributed by atoms with Crippen molar-refractivity contribution in [1.82, 2.24) is 4.90 Å². The number of carbonyl (C=O) groups is 1. The molecule has 5 nitrogen and oxygen atoms in total. The molecule has 6 heteroatoms. The number of amides is 1. The predicted molar refractivity (Wildman–Crippen MR) is 99.0 cm³/mol. The van der Waals surface area contributed by atoms with Gasteiger partial charge in [0.1, 0.15) is 23.8 Å². The normalized spacial score (nSPS) is 20.0. The Kier molecular flexibility index (Phi) is 5.82. The number of benzene rings is 1. The van der Waals surface area contributed by atoms with Crippen LogP contribution in [0.25, 0.3) is 0 Å². The van der Waals surface area contributed by atoms with Crippen LogP contribution in [-0.2, 0) is 11.2 Å². The van der Waals surface area contributed by atoms with E-state index in [0.29, 0.717) is 43.0 Å². The lowest BCUT2D eigenvalue weighted by atomic mass is 9.90. The number of aliphatic hydroxyl groups is 1. The molecule has 2 aliphatic rings. The number of nitrogens with one attached hydrogen (secondary N) is 1. The highest BCUT2D eigenvalue weighted by Gasteiger charge is 2.35. The number of hydrogen-bond acceptors (Lipinski definition) is 4. The molecule has 0 spiro atoms. The van der Waals surface area contributed by atoms with Crippen LogP contribution in [0.3, 0.4) is 0 Å². The van der Waals surface area contributed by atoms with Gasteiger partial charge < -0.3 is 20.1 Å². The quantitative estimate of drug-likeness (QED) is 0.814. The molecule has 0 atom stereocenters. The first kappa shape index (κ1) is 19.1. The van der Waals surface area contributed by atoms with E-state index in [2.05, 4.69) is 24.1 Å². The lowest BCUT2D eigenvalue weighted by Crippen LogP contribution is -2.50. The van der Waals surface area contributed by atoms with Crippen molar-refractivity contribution in [2.24, 2.45) is 0 Å². The third-order valence-corrected chi connectivity index (χ3v) is 5.77. The van der Waals surface area contributed by atoms with E-state index in [-0.39, 0.29) is 18.2 Å². The predicted octanol–water partition coefficient (Wildman–Crippen LogP) is 3.10. The van der Waals surface area contributed by atoms with Crippen LogP contribution in [0, 0.1) is 5.82 Å². The fraction of sp³-hybridized carbons (Fsp3) is 0.650. The zero-order valence-corrected chi connectivity index (χ0v) is 15.7. The van der Waals surface area contributed by atoms with E-state index in [0.717, 1.165) is 25.9 Å². The number of ether oxygens (including phenoxy) is 1. The molecule has 1 amide bonds. The van der Waals surface area contributed by atoms with Gasteiger partial charge in [0.15, 0.2) is 0 Å². The van der Waals surface area contributed by atoms with E-state index in [1.54, 1.807) is 6.07 Å². The Hall–Kier alpha value is -1.66. The summed E-state index contributed by atoms with van der Waals surface area (Å²) in [5.74, 6) is -0.0733. The number of rotatable bonds is 6. The molecule has 0 unspecified atom stereocenters. The second-order valence-electron chi connectivity index (χ2n) is 7.47. The van der Waals surface area contributed by atoms with Gasteiger partial charge in [-0.25, -0.2) is 4.39 Å². The van der Waals surface area contributed by atoms with E-state index in [9.17, 15) is 14.3 Å². The van der Waals surface area contributed by atoms with Crippen molar-refractivity contribution in [3.63, 3.8) is 0 Å². The second-order valence-corrected chi connectivity index (χ2v) is 7.47. The lowest BCUT2D eigenvalue weighted by molar-refractivity contribution is -0.116. The van der Waals surface area contributed by atoms with Crippen molar-refractivity contribution < 1.29 is 19.0 Å². The smallest absolute Gasteiger partial charge is 0.224 e. The van der Waals surface area contributed by atoms with Gasteiger partial charge in [-0.15, -0.1) is 0 Å². The molecular weight excluding hydrogens is 335 g/mol. The van der Waals surface area contributed by atoms with Gasteiger partial charge in [-0.3, -0.25) is 4.79 Å². The number of hydrogen-bond donors (Lipinski definition) is 2. The fourth-order valence-corrected chi connectivity index (χ4v) is 4.03. The van der Waals surface area contributed by atoms with E-state index < -0.39 is 11.4 Å². The minimum atomic E-state index is -0.859. The summed E-state index contributed by atoms with van der Waals surface area (Å²) in [6.45, 7) is 6.33. The minimum Gasteiger partial charge on any atom is -0.490 e. The van der Waals surface area contributed by atoms with Gasteiger partial charge in [0, 0.05) is 31.1 Å². The molecule has 26 heavy (non-hydrogen) atoms. The first-order valence-electron chi connectivity index (χ1n) is 9.66. The number of carbonyl (C=O) groups excluding carboxylic acids is 1. The summed E-state index contributed by atoms with van der Waals surface area (Å²) < 4.78 is 19.9. The largest absolute Gasteiger partial charge is 0.490 e. The molecule has 0 aromatic heterocycles. The molecule has 0 aliphatic carbocycles. The van der Waals surface area contributed by atoms with Gasteiger partial charge >= 0.3 is 0 Å². The zero-order chi connectivity index (χ0) is 18.7. The van der Waals surface area contributed by atoms with Gasteiger partial charge in [0.2, 0.25) is 5.91 Å². The Morgan fingerprint density at radius 1 is 1.27 bits per heavy atom. The van der Waals surface area contributed by atoms with Crippen molar-refractivity contribution in [2.45, 2.75) is 64.0 Å². The Balaban J connectivity index is 1.63. The average molecular weight is 364 g/mol. The Morgan fingerprint density at radius 2 is 1.96 bits per heavy atom. The summed E-state index contributed by atoms with van der Waals surface area (Å²) in [4.78, 5) is 14.0. The first-order chi connectivity index (χ1) is 12.5. The summed E-state index contributed by atoms with van der Waals surface area (Å²) in [6, 6.07) is 3.47. The molecule has 1 aromatic carbocycles. The standard InChI is InChI=1S/C20H29FN2O3/c1-3-14(4-2)23-11-9-20(25,10-12-23)13-26-17-7-6-16(21)19-15(17)5-8-18(24)22-19/h6-7,14,25H,3-5,8-13H2,1-2H3,(H,22,24). The summed E-state index contributed by atoms with van der Waals surface area (Å²) in [5.41, 5.74) is 0.0406. The molecule has 0 radical (unpaired) electrons. The van der Waals surface area contributed by atoms with Crippen molar-refractivity contribution in [3.8, 4) is 5.75 Å². The molecule has 2 N–H and O–H groups in total. The van der Waals surface area contributed by atoms with Crippen LogP contribution in [0.1, 0.15) is 51.5 Å². The number of nitrogens with zero attached hydrogens (tertiary/aromatic N) is 1. The monoisotopic (exact) mass is 364 g/mol. The summed E-state index contributed by atoms with van der Waals surface area (Å²) in [5, 5.41) is 13.5. The number of anilines is 1. The Labute approximate surface area is 154 Å². The van der Waals surface area contributed by atoms with E-state index >= 15 is 0 Å². The van der Waals surface area contributed by atoms with Gasteiger partial charge in [-0.1, -0.05) is 13.8 Å². The topological polar surface area (TPSA) is 61.8 Å². The first-order valence-corrected chi connectivity index (χ1v) is 9.66. The second kappa shape index (κ2) is 7.92. The van der Waals surface area contributed by atoms with Crippen LogP contribution in [0.15, 0.2) is 12.1 Å². The van der Waals surface area contributed by atoms with Crippen molar-refractivity contribution in [2.75, 3.05) is 25.0 Å². The average Bonchev–Trinajstić information content (AvgIpc) is 2.64. The third-order valence-electron chi connectivity index (χ3n) is 5.77. The molecule has 144 valence electrons. The molecule has 2 heterocycles. The van der Waals surface area contributed by atoms with Crippen molar-refractivity contribution in [3.05, 3.63) is 23.5 Å². The van der Waals surface area contributed by atoms with Gasteiger partial charge in [0.05, 0.1) is 5.69 Å². The Bertz CT molecular complexity index is 653. The number of likely N-dealkylation sites (tertiary alicyclic amines) is 1. The Morgan fingerprint density at radius 3 is 2.62 bits per heavy atom. The zero-order valence-electron chi connectivity index (χ0n) is 15.7. The van der Waals surface area contributed by atoms with E-state index in [4.69, 9.17) is 4.74 Å². The van der Waals surface area contributed by atoms with Gasteiger partial charge in [-0.05, 0) is 44.2 Å². The van der Waals surface area contributed by atoms with Crippen molar-refractivity contribution >= 4 is 11.6 Å². The molecule has 1 aromatic rings. The third kappa shape index (κ3) is 4.01. The molecule has 2 aliphatic heterocycles. The maximum Gasteiger partial charge on any atom is 0.224 e. The van der Waals surface area contributed by atoms with Crippen molar-refractivity contribution in [1.29, 1.82) is 0 Å². The van der Waals surface area contributed by atoms with Gasteiger partial charge in [-0.2, -0.15) is 0 Å². The highest BCUT2D eigenvalue weighted by Crippen LogP contribution is 2.35. The molecule has 0 bridgehead atoms. The SMILES string of the molecule is CCC(CC)N1CCC(O)(COc2ccc(F)c3c2CCC(=O)N3)CC1. The van der Waals surface area contributed by atoms with Crippen LogP contribution >= 0.6 is 0 Å². The lowest BCUT2D eigenvalue weighted by Gasteiger charge is -2.41. The summed E-state index contributed by atoms with van der Waals surface area (Å²) in [6.07, 6.45) is 4.36. The van der Waals surface area contributed by atoms with Crippen LogP contribution in [0.2, 0.25) is 0 Å². The number of fused-ring (bicyclic) bond motifs is 1. The maximum atomic E-state index is 14.0.